The van der Waals surface area contributed by atoms with Gasteiger partial charge < -0.3 is 9.47 Å². The maximum atomic E-state index is 12.7. The Morgan fingerprint density at radius 2 is 1.64 bits per heavy atom. The number of para-hydroxylation sites is 2. The number of methoxy groups -OCH3 is 1. The Morgan fingerprint density at radius 1 is 0.920 bits per heavy atom. The van der Waals surface area contributed by atoms with E-state index in [1.165, 1.54) is 19.4 Å². The molecule has 1 N–H and O–H groups in total. The Hall–Kier alpha value is -3.06. The topological polar surface area (TPSA) is 77.5 Å². The van der Waals surface area contributed by atoms with Crippen LogP contribution in [-0.2, 0) is 10.0 Å². The molecule has 0 bridgehead atoms. The van der Waals surface area contributed by atoms with E-state index < -0.39 is 10.0 Å². The Balaban J connectivity index is 1.93. The molecule has 25 heavy (non-hydrogen) atoms. The third-order valence-electron chi connectivity index (χ3n) is 3.33. The summed E-state index contributed by atoms with van der Waals surface area (Å²) in [7, 11) is -2.45. The molecule has 0 aliphatic carbocycles. The van der Waals surface area contributed by atoms with Gasteiger partial charge in [-0.2, -0.15) is 0 Å². The fourth-order valence-corrected chi connectivity index (χ4v) is 3.42. The molecule has 0 aliphatic rings. The van der Waals surface area contributed by atoms with Crippen molar-refractivity contribution < 1.29 is 17.9 Å². The minimum atomic E-state index is -3.87. The molecule has 0 radical (unpaired) electrons. The second-order valence-electron chi connectivity index (χ2n) is 5.03. The molecule has 0 unspecified atom stereocenters. The molecule has 0 saturated heterocycles. The molecule has 0 amide bonds. The molecule has 0 fully saturated rings. The van der Waals surface area contributed by atoms with E-state index in [2.05, 4.69) is 9.71 Å². The zero-order valence-corrected chi connectivity index (χ0v) is 14.2. The zero-order chi connectivity index (χ0) is 17.7. The quantitative estimate of drug-likeness (QED) is 0.729. The first-order valence-corrected chi connectivity index (χ1v) is 8.92. The van der Waals surface area contributed by atoms with Crippen molar-refractivity contribution in [3.63, 3.8) is 0 Å². The number of hydrogen-bond acceptors (Lipinski definition) is 5. The molecule has 2 aromatic carbocycles. The average molecular weight is 356 g/mol. The van der Waals surface area contributed by atoms with Crippen LogP contribution in [0.3, 0.4) is 0 Å². The minimum absolute atomic E-state index is 0.0343. The van der Waals surface area contributed by atoms with Gasteiger partial charge in [-0.25, -0.2) is 13.4 Å². The molecule has 0 aliphatic heterocycles. The Morgan fingerprint density at radius 3 is 2.40 bits per heavy atom. The summed E-state index contributed by atoms with van der Waals surface area (Å²) >= 11 is 0. The smallest absolute Gasteiger partial charge is 0.265 e. The normalized spacial score (nSPS) is 10.9. The van der Waals surface area contributed by atoms with Crippen LogP contribution >= 0.6 is 0 Å². The monoisotopic (exact) mass is 356 g/mol. The van der Waals surface area contributed by atoms with Gasteiger partial charge in [-0.3, -0.25) is 4.72 Å². The molecular formula is C18H16N2O4S. The molecule has 128 valence electrons. The van der Waals surface area contributed by atoms with E-state index in [-0.39, 0.29) is 22.2 Å². The van der Waals surface area contributed by atoms with Gasteiger partial charge in [0.2, 0.25) is 5.88 Å². The second kappa shape index (κ2) is 7.23. The lowest BCUT2D eigenvalue weighted by Crippen LogP contribution is -2.14. The standard InChI is InChI=1S/C18H16N2O4S/c1-23-16-11-5-6-12-17(16)25(21,22)20-15-10-7-13-19-18(15)24-14-8-3-2-4-9-14/h2-13,20H,1H3. The van der Waals surface area contributed by atoms with E-state index in [9.17, 15) is 8.42 Å². The van der Waals surface area contributed by atoms with Gasteiger partial charge in [0.25, 0.3) is 10.0 Å². The number of benzene rings is 2. The molecule has 0 spiro atoms. The summed E-state index contributed by atoms with van der Waals surface area (Å²) in [6.45, 7) is 0. The summed E-state index contributed by atoms with van der Waals surface area (Å²) in [5.74, 6) is 0.968. The molecule has 1 aromatic heterocycles. The highest BCUT2D eigenvalue weighted by molar-refractivity contribution is 7.92. The fourth-order valence-electron chi connectivity index (χ4n) is 2.19. The largest absolute Gasteiger partial charge is 0.495 e. The number of hydrogen-bond donors (Lipinski definition) is 1. The minimum Gasteiger partial charge on any atom is -0.495 e. The lowest BCUT2D eigenvalue weighted by Gasteiger charge is -2.14. The molecule has 1 heterocycles. The van der Waals surface area contributed by atoms with Gasteiger partial charge in [0.05, 0.1) is 7.11 Å². The van der Waals surface area contributed by atoms with Crippen molar-refractivity contribution in [2.24, 2.45) is 0 Å². The van der Waals surface area contributed by atoms with Crippen molar-refractivity contribution in [2.75, 3.05) is 11.8 Å². The molecular weight excluding hydrogens is 340 g/mol. The van der Waals surface area contributed by atoms with E-state index >= 15 is 0 Å². The number of ether oxygens (including phenoxy) is 2. The Kier molecular flexibility index (Phi) is 4.85. The second-order valence-corrected chi connectivity index (χ2v) is 6.68. The van der Waals surface area contributed by atoms with Crippen LogP contribution in [0.5, 0.6) is 17.4 Å². The summed E-state index contributed by atoms with van der Waals surface area (Å²) in [6, 6.07) is 18.6. The number of sulfonamides is 1. The number of rotatable bonds is 6. The number of pyridine rings is 1. The van der Waals surface area contributed by atoms with E-state index in [1.54, 1.807) is 42.5 Å². The average Bonchev–Trinajstić information content (AvgIpc) is 2.64. The number of nitrogens with one attached hydrogen (secondary N) is 1. The summed E-state index contributed by atoms with van der Waals surface area (Å²) in [5, 5.41) is 0. The summed E-state index contributed by atoms with van der Waals surface area (Å²) in [4.78, 5) is 4.15. The van der Waals surface area contributed by atoms with Crippen LogP contribution in [0.25, 0.3) is 0 Å². The van der Waals surface area contributed by atoms with Crippen LogP contribution in [0.2, 0.25) is 0 Å². The highest BCUT2D eigenvalue weighted by atomic mass is 32.2. The SMILES string of the molecule is COc1ccccc1S(=O)(=O)Nc1cccnc1Oc1ccccc1. The maximum absolute atomic E-state index is 12.7. The fraction of sp³-hybridized carbons (Fsp3) is 0.0556. The first-order chi connectivity index (χ1) is 12.1. The van der Waals surface area contributed by atoms with Crippen molar-refractivity contribution >= 4 is 15.7 Å². The number of aromatic nitrogens is 1. The third-order valence-corrected chi connectivity index (χ3v) is 4.74. The number of nitrogens with zero attached hydrogens (tertiary/aromatic N) is 1. The van der Waals surface area contributed by atoms with Crippen molar-refractivity contribution in [3.8, 4) is 17.4 Å². The van der Waals surface area contributed by atoms with Crippen molar-refractivity contribution in [1.29, 1.82) is 0 Å². The molecule has 3 aromatic rings. The third kappa shape index (κ3) is 3.89. The summed E-state index contributed by atoms with van der Waals surface area (Å²) in [6.07, 6.45) is 1.53. The van der Waals surface area contributed by atoms with Gasteiger partial charge in [-0.05, 0) is 36.4 Å². The van der Waals surface area contributed by atoms with E-state index in [1.807, 2.05) is 18.2 Å². The summed E-state index contributed by atoms with van der Waals surface area (Å²) < 4.78 is 38.7. The molecule has 3 rings (SSSR count). The van der Waals surface area contributed by atoms with Gasteiger partial charge in [0, 0.05) is 6.20 Å². The molecule has 6 nitrogen and oxygen atoms in total. The predicted octanol–water partition coefficient (Wildman–Crippen LogP) is 3.68. The summed E-state index contributed by atoms with van der Waals surface area (Å²) in [5.41, 5.74) is 0.234. The van der Waals surface area contributed by atoms with Crippen LogP contribution < -0.4 is 14.2 Å². The first kappa shape index (κ1) is 16.8. The highest BCUT2D eigenvalue weighted by Gasteiger charge is 2.21. The van der Waals surface area contributed by atoms with Gasteiger partial charge >= 0.3 is 0 Å². The molecule has 7 heteroatoms. The Labute approximate surface area is 146 Å². The van der Waals surface area contributed by atoms with Crippen LogP contribution in [-0.4, -0.2) is 20.5 Å². The van der Waals surface area contributed by atoms with Crippen LogP contribution in [0.1, 0.15) is 0 Å². The lowest BCUT2D eigenvalue weighted by atomic mass is 10.3. The highest BCUT2D eigenvalue weighted by Crippen LogP contribution is 2.30. The van der Waals surface area contributed by atoms with E-state index in [0.29, 0.717) is 5.75 Å². The number of anilines is 1. The van der Waals surface area contributed by atoms with Gasteiger partial charge in [-0.1, -0.05) is 30.3 Å². The molecule has 0 atom stereocenters. The first-order valence-electron chi connectivity index (χ1n) is 7.44. The van der Waals surface area contributed by atoms with Crippen LogP contribution in [0.15, 0.2) is 77.8 Å². The lowest BCUT2D eigenvalue weighted by molar-refractivity contribution is 0.403. The van der Waals surface area contributed by atoms with Gasteiger partial charge in [0.1, 0.15) is 22.1 Å². The van der Waals surface area contributed by atoms with Gasteiger partial charge in [0.15, 0.2) is 0 Å². The van der Waals surface area contributed by atoms with Gasteiger partial charge in [-0.15, -0.1) is 0 Å². The van der Waals surface area contributed by atoms with Crippen molar-refractivity contribution in [3.05, 3.63) is 72.9 Å². The van der Waals surface area contributed by atoms with Crippen LogP contribution in [0, 0.1) is 0 Å². The van der Waals surface area contributed by atoms with E-state index in [0.717, 1.165) is 0 Å². The molecule has 0 saturated carbocycles. The predicted molar refractivity (Wildman–Crippen MR) is 94.6 cm³/mol. The van der Waals surface area contributed by atoms with Crippen molar-refractivity contribution in [2.45, 2.75) is 4.90 Å². The van der Waals surface area contributed by atoms with Crippen molar-refractivity contribution in [1.82, 2.24) is 4.98 Å². The van der Waals surface area contributed by atoms with Crippen LogP contribution in [0.4, 0.5) is 5.69 Å². The van der Waals surface area contributed by atoms with E-state index in [4.69, 9.17) is 9.47 Å². The Bertz CT molecular complexity index is 960. The maximum Gasteiger partial charge on any atom is 0.265 e. The zero-order valence-electron chi connectivity index (χ0n) is 13.4.